The molecule has 2 amide bonds. The smallest absolute Gasteiger partial charge is 0.248 e. The number of hydrogen-bond acceptors (Lipinski definition) is 3. The zero-order valence-electron chi connectivity index (χ0n) is 13.2. The second-order valence-corrected chi connectivity index (χ2v) is 5.85. The lowest BCUT2D eigenvalue weighted by molar-refractivity contribution is -0.141. The van der Waals surface area contributed by atoms with Crippen LogP contribution in [0.4, 0.5) is 0 Å². The lowest BCUT2D eigenvalue weighted by Gasteiger charge is -2.34. The first-order chi connectivity index (χ1) is 11.1. The Kier molecular flexibility index (Phi) is 4.34. The topological polar surface area (TPSA) is 65.8 Å². The molecule has 3 rings (SSSR count). The summed E-state index contributed by atoms with van der Waals surface area (Å²) < 4.78 is 2.03. The fourth-order valence-corrected chi connectivity index (χ4v) is 3.10. The molecule has 0 aliphatic carbocycles. The molecule has 0 spiro atoms. The van der Waals surface area contributed by atoms with Gasteiger partial charge in [-0.1, -0.05) is 18.2 Å². The Bertz CT molecular complexity index is 730. The molecule has 2 aromatic rings. The van der Waals surface area contributed by atoms with Crippen molar-refractivity contribution in [2.24, 2.45) is 0 Å². The molecule has 1 fully saturated rings. The van der Waals surface area contributed by atoms with Gasteiger partial charge in [0.05, 0.1) is 0 Å². The molecule has 1 aliphatic rings. The summed E-state index contributed by atoms with van der Waals surface area (Å²) in [4.78, 5) is 27.4. The molecule has 1 N–H and O–H groups in total. The van der Waals surface area contributed by atoms with Crippen molar-refractivity contribution in [3.8, 4) is 0 Å². The van der Waals surface area contributed by atoms with E-state index >= 15 is 0 Å². The number of hydrogen-bond donors (Lipinski definition) is 1. The van der Waals surface area contributed by atoms with Crippen molar-refractivity contribution in [3.05, 3.63) is 36.0 Å². The minimum absolute atomic E-state index is 0.0607. The average Bonchev–Trinajstić information content (AvgIpc) is 2.90. The molecule has 6 heteroatoms. The van der Waals surface area contributed by atoms with Crippen LogP contribution in [0, 0.1) is 6.92 Å². The van der Waals surface area contributed by atoms with E-state index in [4.69, 9.17) is 5.11 Å². The Morgan fingerprint density at radius 2 is 1.65 bits per heavy atom. The molecule has 122 valence electrons. The molecular weight excluding hydrogens is 294 g/mol. The van der Waals surface area contributed by atoms with Crippen LogP contribution in [0.15, 0.2) is 30.3 Å². The summed E-state index contributed by atoms with van der Waals surface area (Å²) in [6, 6.07) is 10.1. The fraction of sp³-hybridized carbons (Fsp3) is 0.412. The number of aromatic nitrogens is 1. The number of amides is 2. The molecule has 0 radical (unpaired) electrons. The zero-order chi connectivity index (χ0) is 16.4. The number of aliphatic hydroxyl groups is 1. The number of aryl methyl sites for hydroxylation is 1. The van der Waals surface area contributed by atoms with Gasteiger partial charge in [-0.3, -0.25) is 9.59 Å². The summed E-state index contributed by atoms with van der Waals surface area (Å²) in [6.45, 7) is 3.85. The predicted molar refractivity (Wildman–Crippen MR) is 86.9 cm³/mol. The highest BCUT2D eigenvalue weighted by atomic mass is 16.3. The minimum Gasteiger partial charge on any atom is -0.387 e. The van der Waals surface area contributed by atoms with Crippen molar-refractivity contribution < 1.29 is 14.7 Å². The number of piperazine rings is 1. The monoisotopic (exact) mass is 315 g/mol. The maximum absolute atomic E-state index is 12.6. The van der Waals surface area contributed by atoms with Crippen molar-refractivity contribution >= 4 is 22.7 Å². The number of para-hydroxylation sites is 1. The Hall–Kier alpha value is -2.34. The molecule has 0 atom stereocenters. The van der Waals surface area contributed by atoms with E-state index in [-0.39, 0.29) is 11.8 Å². The van der Waals surface area contributed by atoms with Crippen LogP contribution in [-0.4, -0.2) is 64.1 Å². The SMILES string of the molecule is Cc1cc2ccccc2n1CC(=O)N1CCN(C(=O)CO)CC1. The maximum Gasteiger partial charge on any atom is 0.248 e. The van der Waals surface area contributed by atoms with Crippen LogP contribution in [0.25, 0.3) is 10.9 Å². The fourth-order valence-electron chi connectivity index (χ4n) is 3.10. The first-order valence-corrected chi connectivity index (χ1v) is 7.81. The van der Waals surface area contributed by atoms with Gasteiger partial charge in [0.1, 0.15) is 13.2 Å². The van der Waals surface area contributed by atoms with E-state index in [1.54, 1.807) is 9.80 Å². The molecule has 0 saturated carbocycles. The van der Waals surface area contributed by atoms with E-state index in [1.807, 2.05) is 35.8 Å². The van der Waals surface area contributed by atoms with Crippen molar-refractivity contribution in [2.75, 3.05) is 32.8 Å². The van der Waals surface area contributed by atoms with Gasteiger partial charge in [-0.25, -0.2) is 0 Å². The van der Waals surface area contributed by atoms with E-state index in [2.05, 4.69) is 6.07 Å². The highest BCUT2D eigenvalue weighted by molar-refractivity contribution is 5.84. The van der Waals surface area contributed by atoms with E-state index < -0.39 is 6.61 Å². The molecular formula is C17H21N3O3. The molecule has 2 heterocycles. The lowest BCUT2D eigenvalue weighted by Crippen LogP contribution is -2.51. The van der Waals surface area contributed by atoms with Crippen LogP contribution in [0.1, 0.15) is 5.69 Å². The van der Waals surface area contributed by atoms with Gasteiger partial charge in [-0.05, 0) is 24.4 Å². The first-order valence-electron chi connectivity index (χ1n) is 7.81. The Labute approximate surface area is 134 Å². The van der Waals surface area contributed by atoms with Crippen LogP contribution < -0.4 is 0 Å². The van der Waals surface area contributed by atoms with Crippen LogP contribution in [0.3, 0.4) is 0 Å². The van der Waals surface area contributed by atoms with Crippen molar-refractivity contribution in [1.29, 1.82) is 0 Å². The quantitative estimate of drug-likeness (QED) is 0.903. The summed E-state index contributed by atoms with van der Waals surface area (Å²) in [5.74, 6) is -0.213. The number of aliphatic hydroxyl groups excluding tert-OH is 1. The van der Waals surface area contributed by atoms with Gasteiger partial charge in [0.25, 0.3) is 0 Å². The van der Waals surface area contributed by atoms with E-state index in [1.165, 1.54) is 0 Å². The maximum atomic E-state index is 12.6. The first kappa shape index (κ1) is 15.6. The minimum atomic E-state index is -0.470. The highest BCUT2D eigenvalue weighted by Crippen LogP contribution is 2.19. The van der Waals surface area contributed by atoms with Crippen LogP contribution in [0.2, 0.25) is 0 Å². The number of carbonyl (C=O) groups is 2. The number of carbonyl (C=O) groups excluding carboxylic acids is 2. The number of nitrogens with zero attached hydrogens (tertiary/aromatic N) is 3. The normalized spacial score (nSPS) is 15.2. The highest BCUT2D eigenvalue weighted by Gasteiger charge is 2.24. The molecule has 1 aliphatic heterocycles. The van der Waals surface area contributed by atoms with Gasteiger partial charge in [0, 0.05) is 37.4 Å². The Morgan fingerprint density at radius 1 is 1.04 bits per heavy atom. The van der Waals surface area contributed by atoms with E-state index in [0.29, 0.717) is 32.7 Å². The number of rotatable bonds is 3. The molecule has 23 heavy (non-hydrogen) atoms. The van der Waals surface area contributed by atoms with E-state index in [0.717, 1.165) is 16.6 Å². The number of benzene rings is 1. The summed E-state index contributed by atoms with van der Waals surface area (Å²) in [7, 11) is 0. The van der Waals surface area contributed by atoms with Crippen LogP contribution in [-0.2, 0) is 16.1 Å². The second-order valence-electron chi connectivity index (χ2n) is 5.85. The molecule has 1 aromatic carbocycles. The molecule has 0 bridgehead atoms. The summed E-state index contributed by atoms with van der Waals surface area (Å²) >= 11 is 0. The summed E-state index contributed by atoms with van der Waals surface area (Å²) in [5.41, 5.74) is 2.13. The largest absolute Gasteiger partial charge is 0.387 e. The van der Waals surface area contributed by atoms with Gasteiger partial charge in [0.2, 0.25) is 11.8 Å². The predicted octanol–water partition coefficient (Wildman–Crippen LogP) is 0.613. The molecule has 1 saturated heterocycles. The third-order valence-electron chi connectivity index (χ3n) is 4.43. The summed E-state index contributed by atoms with van der Waals surface area (Å²) in [5, 5.41) is 10.0. The molecule has 1 aromatic heterocycles. The van der Waals surface area contributed by atoms with E-state index in [9.17, 15) is 9.59 Å². The third-order valence-corrected chi connectivity index (χ3v) is 4.43. The van der Waals surface area contributed by atoms with Crippen molar-refractivity contribution in [2.45, 2.75) is 13.5 Å². The Balaban J connectivity index is 1.68. The third kappa shape index (κ3) is 3.07. The number of fused-ring (bicyclic) bond motifs is 1. The Morgan fingerprint density at radius 3 is 2.30 bits per heavy atom. The van der Waals surface area contributed by atoms with Gasteiger partial charge < -0.3 is 19.5 Å². The molecule has 6 nitrogen and oxygen atoms in total. The van der Waals surface area contributed by atoms with Gasteiger partial charge in [0.15, 0.2) is 0 Å². The lowest BCUT2D eigenvalue weighted by atomic mass is 10.2. The average molecular weight is 315 g/mol. The molecule has 0 unspecified atom stereocenters. The van der Waals surface area contributed by atoms with Crippen molar-refractivity contribution in [3.63, 3.8) is 0 Å². The zero-order valence-corrected chi connectivity index (χ0v) is 13.2. The van der Waals surface area contributed by atoms with Crippen LogP contribution >= 0.6 is 0 Å². The standard InChI is InChI=1S/C17H21N3O3/c1-13-10-14-4-2-3-5-15(14)20(13)11-16(22)18-6-8-19(9-7-18)17(23)12-21/h2-5,10,21H,6-9,11-12H2,1H3. The van der Waals surface area contributed by atoms with Gasteiger partial charge in [-0.15, -0.1) is 0 Å². The van der Waals surface area contributed by atoms with Crippen molar-refractivity contribution in [1.82, 2.24) is 14.4 Å². The van der Waals surface area contributed by atoms with Gasteiger partial charge in [-0.2, -0.15) is 0 Å². The summed E-state index contributed by atoms with van der Waals surface area (Å²) in [6.07, 6.45) is 0. The second kappa shape index (κ2) is 6.42. The van der Waals surface area contributed by atoms with Gasteiger partial charge >= 0.3 is 0 Å². The van der Waals surface area contributed by atoms with Crippen LogP contribution in [0.5, 0.6) is 0 Å².